The summed E-state index contributed by atoms with van der Waals surface area (Å²) in [5, 5.41) is 0. The Morgan fingerprint density at radius 3 is 2.00 bits per heavy atom. The summed E-state index contributed by atoms with van der Waals surface area (Å²) in [6.45, 7) is 1.84. The zero-order valence-electron chi connectivity index (χ0n) is 13.0. The van der Waals surface area contributed by atoms with E-state index in [1.54, 1.807) is 24.3 Å². The van der Waals surface area contributed by atoms with Crippen LogP contribution in [0.5, 0.6) is 0 Å². The molecule has 0 spiro atoms. The van der Waals surface area contributed by atoms with Gasteiger partial charge in [-0.05, 0) is 24.1 Å². The Balaban J connectivity index is 2.21. The number of rotatable bonds is 6. The van der Waals surface area contributed by atoms with E-state index in [4.69, 9.17) is 13.3 Å². The maximum Gasteiger partial charge on any atom is 0.484 e. The Kier molecular flexibility index (Phi) is 5.95. The van der Waals surface area contributed by atoms with Crippen molar-refractivity contribution in [1.29, 1.82) is 0 Å². The first-order chi connectivity index (χ1) is 11.0. The quantitative estimate of drug-likeness (QED) is 0.589. The van der Waals surface area contributed by atoms with E-state index in [9.17, 15) is 13.2 Å². The number of hydrogen-bond donors (Lipinski definition) is 0. The fourth-order valence-corrected chi connectivity index (χ4v) is 3.04. The van der Waals surface area contributed by atoms with E-state index in [0.29, 0.717) is 11.6 Å². The van der Waals surface area contributed by atoms with Crippen molar-refractivity contribution in [3.63, 3.8) is 0 Å². The number of halogens is 3. The van der Waals surface area contributed by atoms with Crippen LogP contribution in [0.3, 0.4) is 0 Å². The summed E-state index contributed by atoms with van der Waals surface area (Å²) in [5.41, 5.74) is 1.29. The zero-order valence-corrected chi connectivity index (χ0v) is 14.1. The van der Waals surface area contributed by atoms with Crippen LogP contribution in [-0.4, -0.2) is 23.7 Å². The standard InChI is InChI=1S/C16H17F3O3Si/c1-10(22-23(20-2)21-3)11-4-6-12(7-5-11)13-8-15(18)16(19)9-14(13)17/h4-10,23H,1-3H3. The van der Waals surface area contributed by atoms with Crippen molar-refractivity contribution in [1.82, 2.24) is 0 Å². The van der Waals surface area contributed by atoms with Crippen LogP contribution in [-0.2, 0) is 13.3 Å². The van der Waals surface area contributed by atoms with Crippen LogP contribution in [0.1, 0.15) is 18.6 Å². The van der Waals surface area contributed by atoms with Gasteiger partial charge in [0, 0.05) is 25.8 Å². The van der Waals surface area contributed by atoms with E-state index in [-0.39, 0.29) is 11.7 Å². The first-order valence-electron chi connectivity index (χ1n) is 6.92. The lowest BCUT2D eigenvalue weighted by Crippen LogP contribution is -2.25. The summed E-state index contributed by atoms with van der Waals surface area (Å²) < 4.78 is 55.9. The maximum absolute atomic E-state index is 13.8. The second-order valence-electron chi connectivity index (χ2n) is 4.91. The maximum atomic E-state index is 13.8. The van der Waals surface area contributed by atoms with E-state index in [0.717, 1.165) is 11.6 Å². The fourth-order valence-electron chi connectivity index (χ4n) is 2.13. The van der Waals surface area contributed by atoms with Gasteiger partial charge in [-0.1, -0.05) is 24.3 Å². The summed E-state index contributed by atoms with van der Waals surface area (Å²) in [4.78, 5) is 0. The molecule has 23 heavy (non-hydrogen) atoms. The van der Waals surface area contributed by atoms with Crippen molar-refractivity contribution >= 4 is 9.53 Å². The van der Waals surface area contributed by atoms with Gasteiger partial charge in [-0.2, -0.15) is 0 Å². The minimum Gasteiger partial charge on any atom is -0.379 e. The molecule has 0 fully saturated rings. The molecular weight excluding hydrogens is 325 g/mol. The highest BCUT2D eigenvalue weighted by Crippen LogP contribution is 2.27. The van der Waals surface area contributed by atoms with E-state index in [1.807, 2.05) is 6.92 Å². The summed E-state index contributed by atoms with van der Waals surface area (Å²) in [6, 6.07) is 8.10. The summed E-state index contributed by atoms with van der Waals surface area (Å²) >= 11 is 0. The van der Waals surface area contributed by atoms with Gasteiger partial charge in [0.2, 0.25) is 0 Å². The molecule has 124 valence electrons. The Morgan fingerprint density at radius 1 is 0.870 bits per heavy atom. The van der Waals surface area contributed by atoms with Crippen LogP contribution in [0.15, 0.2) is 36.4 Å². The van der Waals surface area contributed by atoms with Crippen LogP contribution >= 0.6 is 0 Å². The van der Waals surface area contributed by atoms with Gasteiger partial charge in [0.1, 0.15) is 5.82 Å². The molecular formula is C16H17F3O3Si. The molecule has 7 heteroatoms. The zero-order chi connectivity index (χ0) is 17.0. The van der Waals surface area contributed by atoms with Crippen molar-refractivity contribution in [3.05, 3.63) is 59.4 Å². The number of benzene rings is 2. The predicted molar refractivity (Wildman–Crippen MR) is 82.4 cm³/mol. The van der Waals surface area contributed by atoms with Gasteiger partial charge in [-0.15, -0.1) is 0 Å². The molecule has 3 nitrogen and oxygen atoms in total. The molecule has 0 aliphatic carbocycles. The van der Waals surface area contributed by atoms with Crippen LogP contribution in [0, 0.1) is 17.5 Å². The minimum absolute atomic E-state index is 0.00468. The molecule has 0 bridgehead atoms. The Morgan fingerprint density at radius 2 is 1.43 bits per heavy atom. The highest BCUT2D eigenvalue weighted by atomic mass is 28.3. The lowest BCUT2D eigenvalue weighted by Gasteiger charge is -2.18. The molecule has 2 rings (SSSR count). The van der Waals surface area contributed by atoms with Crippen molar-refractivity contribution in [2.45, 2.75) is 13.0 Å². The summed E-state index contributed by atoms with van der Waals surface area (Å²) in [7, 11) is 0.868. The van der Waals surface area contributed by atoms with Gasteiger partial charge in [0.05, 0.1) is 6.10 Å². The lowest BCUT2D eigenvalue weighted by molar-refractivity contribution is 0.0951. The molecule has 1 unspecified atom stereocenters. The van der Waals surface area contributed by atoms with E-state index in [1.165, 1.54) is 14.2 Å². The predicted octanol–water partition coefficient (Wildman–Crippen LogP) is 3.86. The molecule has 0 saturated heterocycles. The molecule has 1 atom stereocenters. The molecule has 0 heterocycles. The van der Waals surface area contributed by atoms with Gasteiger partial charge in [-0.3, -0.25) is 0 Å². The van der Waals surface area contributed by atoms with E-state index >= 15 is 0 Å². The van der Waals surface area contributed by atoms with Crippen molar-refractivity contribution in [2.24, 2.45) is 0 Å². The molecule has 0 aliphatic heterocycles. The van der Waals surface area contributed by atoms with Crippen molar-refractivity contribution < 1.29 is 26.4 Å². The molecule has 0 N–H and O–H groups in total. The third-order valence-corrected chi connectivity index (χ3v) is 4.80. The molecule has 0 amide bonds. The molecule has 0 aliphatic rings. The van der Waals surface area contributed by atoms with E-state index in [2.05, 4.69) is 0 Å². The number of hydrogen-bond acceptors (Lipinski definition) is 3. The molecule has 0 radical (unpaired) electrons. The highest BCUT2D eigenvalue weighted by molar-refractivity contribution is 6.36. The van der Waals surface area contributed by atoms with Crippen LogP contribution in [0.25, 0.3) is 11.1 Å². The third kappa shape index (κ3) is 4.20. The summed E-state index contributed by atoms with van der Waals surface area (Å²) in [6.07, 6.45) is -0.268. The van der Waals surface area contributed by atoms with Gasteiger partial charge in [0.25, 0.3) is 0 Å². The molecule has 2 aromatic rings. The topological polar surface area (TPSA) is 27.7 Å². The Labute approximate surface area is 134 Å². The van der Waals surface area contributed by atoms with Crippen LogP contribution in [0.2, 0.25) is 0 Å². The normalized spacial score (nSPS) is 12.7. The monoisotopic (exact) mass is 342 g/mol. The summed E-state index contributed by atoms with van der Waals surface area (Å²) in [5.74, 6) is -3.11. The van der Waals surface area contributed by atoms with Crippen LogP contribution < -0.4 is 0 Å². The van der Waals surface area contributed by atoms with Gasteiger partial charge in [-0.25, -0.2) is 13.2 Å². The van der Waals surface area contributed by atoms with Crippen molar-refractivity contribution in [2.75, 3.05) is 14.2 Å². The lowest BCUT2D eigenvalue weighted by atomic mass is 10.0. The van der Waals surface area contributed by atoms with Gasteiger partial charge < -0.3 is 13.3 Å². The first-order valence-corrected chi connectivity index (χ1v) is 8.33. The van der Waals surface area contributed by atoms with Gasteiger partial charge >= 0.3 is 9.53 Å². The van der Waals surface area contributed by atoms with E-state index < -0.39 is 27.0 Å². The van der Waals surface area contributed by atoms with Crippen molar-refractivity contribution in [3.8, 4) is 11.1 Å². The average molecular weight is 342 g/mol. The minimum atomic E-state index is -2.16. The second-order valence-corrected chi connectivity index (χ2v) is 6.70. The average Bonchev–Trinajstić information content (AvgIpc) is 2.56. The Bertz CT molecular complexity index is 660. The Hall–Kier alpha value is -1.67. The largest absolute Gasteiger partial charge is 0.484 e. The fraction of sp³-hybridized carbons (Fsp3) is 0.250. The highest BCUT2D eigenvalue weighted by Gasteiger charge is 2.17. The smallest absolute Gasteiger partial charge is 0.379 e. The molecule has 2 aromatic carbocycles. The second kappa shape index (κ2) is 7.74. The first kappa shape index (κ1) is 17.7. The molecule has 0 saturated carbocycles. The third-order valence-electron chi connectivity index (χ3n) is 3.40. The van der Waals surface area contributed by atoms with Crippen LogP contribution in [0.4, 0.5) is 13.2 Å². The SMILES string of the molecule is CO[SiH](OC)OC(C)c1ccc(-c2cc(F)c(F)cc2F)cc1. The van der Waals surface area contributed by atoms with Gasteiger partial charge in [0.15, 0.2) is 11.6 Å². The molecule has 0 aromatic heterocycles.